The smallest absolute Gasteiger partial charge is 0.317 e. The lowest BCUT2D eigenvalue weighted by Gasteiger charge is -2.25. The number of likely N-dealkylation sites (N-methyl/N-ethyl adjacent to an activating group) is 1. The van der Waals surface area contributed by atoms with E-state index in [9.17, 15) is 14.0 Å². The fraction of sp³-hybridized carbons (Fsp3) is 0.529. The summed E-state index contributed by atoms with van der Waals surface area (Å²) in [5.74, 6) is -1.17. The molecule has 1 amide bonds. The Balaban J connectivity index is 1.89. The van der Waals surface area contributed by atoms with Gasteiger partial charge in [0.15, 0.2) is 0 Å². The number of hydrogen-bond donors (Lipinski definition) is 1. The Morgan fingerprint density at radius 2 is 2.13 bits per heavy atom. The van der Waals surface area contributed by atoms with Crippen LogP contribution in [0.25, 0.3) is 0 Å². The molecule has 0 aliphatic carbocycles. The summed E-state index contributed by atoms with van der Waals surface area (Å²) in [5.41, 5.74) is 0.679. The molecule has 1 saturated heterocycles. The van der Waals surface area contributed by atoms with Crippen LogP contribution in [0.15, 0.2) is 24.3 Å². The third-order valence-corrected chi connectivity index (χ3v) is 4.30. The number of amides is 1. The summed E-state index contributed by atoms with van der Waals surface area (Å²) in [7, 11) is 1.81. The Morgan fingerprint density at radius 3 is 2.83 bits per heavy atom. The van der Waals surface area contributed by atoms with Gasteiger partial charge in [0.1, 0.15) is 5.82 Å². The molecule has 1 aromatic carbocycles. The second-order valence-electron chi connectivity index (χ2n) is 6.08. The normalized spacial score (nSPS) is 18.7. The lowest BCUT2D eigenvalue weighted by molar-refractivity contribution is -0.138. The fourth-order valence-corrected chi connectivity index (χ4v) is 3.04. The van der Waals surface area contributed by atoms with E-state index < -0.39 is 5.97 Å². The highest BCUT2D eigenvalue weighted by atomic mass is 19.1. The molecule has 5 nitrogen and oxygen atoms in total. The summed E-state index contributed by atoms with van der Waals surface area (Å²) in [6, 6.07) is 6.29. The number of carbonyl (C=O) groups is 2. The van der Waals surface area contributed by atoms with Gasteiger partial charge in [-0.1, -0.05) is 12.1 Å². The van der Waals surface area contributed by atoms with Crippen molar-refractivity contribution < 1.29 is 19.1 Å². The predicted molar refractivity (Wildman–Crippen MR) is 84.6 cm³/mol. The van der Waals surface area contributed by atoms with Crippen LogP contribution < -0.4 is 0 Å². The van der Waals surface area contributed by atoms with Gasteiger partial charge in [-0.15, -0.1) is 0 Å². The predicted octanol–water partition coefficient (Wildman–Crippen LogP) is 1.77. The molecule has 1 aliphatic rings. The van der Waals surface area contributed by atoms with Crippen molar-refractivity contribution in [3.63, 3.8) is 0 Å². The molecule has 23 heavy (non-hydrogen) atoms. The van der Waals surface area contributed by atoms with Crippen molar-refractivity contribution in [2.75, 3.05) is 26.7 Å². The van der Waals surface area contributed by atoms with Gasteiger partial charge in [0, 0.05) is 19.1 Å². The number of rotatable bonds is 5. The fourth-order valence-electron chi connectivity index (χ4n) is 3.04. The first-order valence-electron chi connectivity index (χ1n) is 7.90. The van der Waals surface area contributed by atoms with Crippen molar-refractivity contribution in [3.8, 4) is 0 Å². The first-order valence-corrected chi connectivity index (χ1v) is 7.90. The van der Waals surface area contributed by atoms with Gasteiger partial charge in [0.05, 0.1) is 13.0 Å². The topological polar surface area (TPSA) is 60.9 Å². The standard InChI is InChI=1S/C17H23FN2O3/c1-19(12-17(22)23)15-6-3-8-20(9-7-15)16(21)11-13-4-2-5-14(18)10-13/h2,4-5,10,15H,3,6-9,11-12H2,1H3,(H,22,23). The van der Waals surface area contributed by atoms with Crippen molar-refractivity contribution in [2.24, 2.45) is 0 Å². The van der Waals surface area contributed by atoms with E-state index in [2.05, 4.69) is 0 Å². The number of carbonyl (C=O) groups excluding carboxylic acids is 1. The van der Waals surface area contributed by atoms with E-state index in [1.165, 1.54) is 12.1 Å². The van der Waals surface area contributed by atoms with Crippen LogP contribution in [0.5, 0.6) is 0 Å². The zero-order chi connectivity index (χ0) is 16.8. The monoisotopic (exact) mass is 322 g/mol. The second-order valence-corrected chi connectivity index (χ2v) is 6.08. The van der Waals surface area contributed by atoms with Gasteiger partial charge < -0.3 is 10.0 Å². The van der Waals surface area contributed by atoms with Gasteiger partial charge in [0.2, 0.25) is 5.91 Å². The van der Waals surface area contributed by atoms with E-state index in [1.807, 2.05) is 11.9 Å². The molecule has 0 aromatic heterocycles. The number of benzene rings is 1. The van der Waals surface area contributed by atoms with E-state index in [1.54, 1.807) is 17.0 Å². The van der Waals surface area contributed by atoms with Gasteiger partial charge in [-0.05, 0) is 44.0 Å². The number of aliphatic carboxylic acids is 1. The third-order valence-electron chi connectivity index (χ3n) is 4.30. The van der Waals surface area contributed by atoms with Crippen LogP contribution in [0.3, 0.4) is 0 Å². The van der Waals surface area contributed by atoms with Crippen LogP contribution in [0.4, 0.5) is 4.39 Å². The first-order chi connectivity index (χ1) is 11.0. The Labute approximate surface area is 135 Å². The lowest BCUT2D eigenvalue weighted by atomic mass is 10.1. The summed E-state index contributed by atoms with van der Waals surface area (Å²) in [4.78, 5) is 26.8. The maximum Gasteiger partial charge on any atom is 0.317 e. The molecule has 1 unspecified atom stereocenters. The zero-order valence-electron chi connectivity index (χ0n) is 13.4. The first kappa shape index (κ1) is 17.4. The molecule has 126 valence electrons. The summed E-state index contributed by atoms with van der Waals surface area (Å²) < 4.78 is 13.2. The van der Waals surface area contributed by atoms with Crippen LogP contribution in [0.2, 0.25) is 0 Å². The Bertz CT molecular complexity index is 565. The molecule has 1 N–H and O–H groups in total. The van der Waals surface area contributed by atoms with Crippen molar-refractivity contribution in [1.29, 1.82) is 0 Å². The van der Waals surface area contributed by atoms with Gasteiger partial charge in [-0.2, -0.15) is 0 Å². The number of halogens is 1. The molecule has 1 heterocycles. The summed E-state index contributed by atoms with van der Waals surface area (Å²) in [6.07, 6.45) is 2.70. The highest BCUT2D eigenvalue weighted by molar-refractivity contribution is 5.78. The minimum Gasteiger partial charge on any atom is -0.480 e. The van der Waals surface area contributed by atoms with E-state index in [0.717, 1.165) is 19.3 Å². The van der Waals surface area contributed by atoms with Gasteiger partial charge in [-0.3, -0.25) is 14.5 Å². The Morgan fingerprint density at radius 1 is 1.35 bits per heavy atom. The zero-order valence-corrected chi connectivity index (χ0v) is 13.4. The van der Waals surface area contributed by atoms with Crippen LogP contribution >= 0.6 is 0 Å². The van der Waals surface area contributed by atoms with E-state index >= 15 is 0 Å². The molecule has 1 atom stereocenters. The van der Waals surface area contributed by atoms with Crippen molar-refractivity contribution in [2.45, 2.75) is 31.7 Å². The average Bonchev–Trinajstić information content (AvgIpc) is 2.72. The largest absolute Gasteiger partial charge is 0.480 e. The highest BCUT2D eigenvalue weighted by Gasteiger charge is 2.24. The molecule has 0 spiro atoms. The highest BCUT2D eigenvalue weighted by Crippen LogP contribution is 2.17. The van der Waals surface area contributed by atoms with Gasteiger partial charge >= 0.3 is 5.97 Å². The number of carboxylic acid groups (broad SMARTS) is 1. The van der Waals surface area contributed by atoms with E-state index in [0.29, 0.717) is 18.7 Å². The maximum atomic E-state index is 13.2. The minimum absolute atomic E-state index is 0.00265. The number of carboxylic acids is 1. The Kier molecular flexibility index (Phi) is 6.10. The van der Waals surface area contributed by atoms with E-state index in [-0.39, 0.29) is 30.7 Å². The number of likely N-dealkylation sites (tertiary alicyclic amines) is 1. The summed E-state index contributed by atoms with van der Waals surface area (Å²) >= 11 is 0. The molecule has 0 bridgehead atoms. The SMILES string of the molecule is CN(CC(=O)O)C1CCCN(C(=O)Cc2cccc(F)c2)CC1. The molecule has 0 radical (unpaired) electrons. The molecule has 1 aliphatic heterocycles. The summed E-state index contributed by atoms with van der Waals surface area (Å²) in [5, 5.41) is 8.87. The second kappa shape index (κ2) is 8.06. The summed E-state index contributed by atoms with van der Waals surface area (Å²) in [6.45, 7) is 1.30. The molecular weight excluding hydrogens is 299 g/mol. The average molecular weight is 322 g/mol. The molecule has 6 heteroatoms. The van der Waals surface area contributed by atoms with E-state index in [4.69, 9.17) is 5.11 Å². The van der Waals surface area contributed by atoms with Crippen LogP contribution in [0, 0.1) is 5.82 Å². The molecule has 0 saturated carbocycles. The Hall–Kier alpha value is -1.95. The molecule has 2 rings (SSSR count). The third kappa shape index (κ3) is 5.32. The van der Waals surface area contributed by atoms with Crippen LogP contribution in [0.1, 0.15) is 24.8 Å². The molecule has 1 fully saturated rings. The maximum absolute atomic E-state index is 13.2. The molecule has 1 aromatic rings. The van der Waals surface area contributed by atoms with Gasteiger partial charge in [-0.25, -0.2) is 4.39 Å². The number of hydrogen-bond acceptors (Lipinski definition) is 3. The minimum atomic E-state index is -0.837. The van der Waals surface area contributed by atoms with Crippen molar-refractivity contribution in [3.05, 3.63) is 35.6 Å². The van der Waals surface area contributed by atoms with Crippen molar-refractivity contribution >= 4 is 11.9 Å². The van der Waals surface area contributed by atoms with Crippen LogP contribution in [-0.2, 0) is 16.0 Å². The number of nitrogens with zero attached hydrogens (tertiary/aromatic N) is 2. The van der Waals surface area contributed by atoms with Crippen molar-refractivity contribution in [1.82, 2.24) is 9.80 Å². The molecular formula is C17H23FN2O3. The lowest BCUT2D eigenvalue weighted by Crippen LogP contribution is -2.37. The van der Waals surface area contributed by atoms with Gasteiger partial charge in [0.25, 0.3) is 0 Å². The van der Waals surface area contributed by atoms with Crippen LogP contribution in [-0.4, -0.2) is 59.5 Å². The quantitative estimate of drug-likeness (QED) is 0.897.